The molecule has 1 aliphatic heterocycles. The Morgan fingerprint density at radius 3 is 2.71 bits per heavy atom. The molecule has 1 aliphatic rings. The zero-order valence-electron chi connectivity index (χ0n) is 13.9. The molecule has 0 aliphatic carbocycles. The average Bonchev–Trinajstić information content (AvgIpc) is 2.82. The maximum atomic E-state index is 12.1. The second kappa shape index (κ2) is 9.72. The van der Waals surface area contributed by atoms with Crippen molar-refractivity contribution in [2.75, 3.05) is 39.3 Å². The second-order valence-electron chi connectivity index (χ2n) is 5.75. The summed E-state index contributed by atoms with van der Waals surface area (Å²) in [5, 5.41) is 2.95. The maximum Gasteiger partial charge on any atom is 0.414 e. The number of hydrogen-bond acceptors (Lipinski definition) is 4. The number of nitrogens with one attached hydrogen (secondary N) is 1. The van der Waals surface area contributed by atoms with Crippen molar-refractivity contribution in [3.63, 3.8) is 0 Å². The van der Waals surface area contributed by atoms with E-state index in [2.05, 4.69) is 28.9 Å². The van der Waals surface area contributed by atoms with Gasteiger partial charge in [0, 0.05) is 32.7 Å². The maximum absolute atomic E-state index is 12.1. The van der Waals surface area contributed by atoms with Gasteiger partial charge < -0.3 is 15.0 Å². The lowest BCUT2D eigenvalue weighted by Gasteiger charge is -2.20. The first kappa shape index (κ1) is 18.0. The van der Waals surface area contributed by atoms with Crippen molar-refractivity contribution in [2.24, 2.45) is 0 Å². The Balaban J connectivity index is 1.68. The summed E-state index contributed by atoms with van der Waals surface area (Å²) < 4.78 is 4.80. The van der Waals surface area contributed by atoms with Crippen LogP contribution in [-0.2, 0) is 16.0 Å². The minimum Gasteiger partial charge on any atom is -0.419 e. The molecule has 1 aromatic carbocycles. The average molecular weight is 331 g/mol. The predicted molar refractivity (Wildman–Crippen MR) is 92.5 cm³/mol. The molecular weight excluding hydrogens is 306 g/mol. The van der Waals surface area contributed by atoms with Gasteiger partial charge in [0.05, 0.1) is 12.8 Å². The molecule has 1 N–H and O–H groups in total. The molecule has 1 saturated heterocycles. The van der Waals surface area contributed by atoms with Crippen LogP contribution in [0, 0.1) is 0 Å². The van der Waals surface area contributed by atoms with Gasteiger partial charge in [-0.05, 0) is 18.4 Å². The third-order valence-corrected chi connectivity index (χ3v) is 3.98. The molecule has 2 amide bonds. The molecule has 0 saturated carbocycles. The van der Waals surface area contributed by atoms with Gasteiger partial charge in [-0.15, -0.1) is 0 Å². The summed E-state index contributed by atoms with van der Waals surface area (Å²) in [4.78, 5) is 27.5. The molecule has 0 aromatic heterocycles. The molecule has 0 bridgehead atoms. The first-order chi connectivity index (χ1) is 11.7. The summed E-state index contributed by atoms with van der Waals surface area (Å²) in [6.07, 6.45) is 2.42. The number of carbonyl (C=O) groups excluding carboxylic acids is 2. The van der Waals surface area contributed by atoms with Crippen LogP contribution >= 0.6 is 0 Å². The van der Waals surface area contributed by atoms with E-state index < -0.39 is 0 Å². The lowest BCUT2D eigenvalue weighted by Crippen LogP contribution is -2.40. The lowest BCUT2D eigenvalue weighted by atomic mass is 10.1. The number of rotatable bonds is 6. The fraction of sp³-hybridized carbons (Fsp3) is 0.444. The van der Waals surface area contributed by atoms with Crippen molar-refractivity contribution in [1.29, 1.82) is 0 Å². The topological polar surface area (TPSA) is 61.9 Å². The number of amides is 2. The van der Waals surface area contributed by atoms with Gasteiger partial charge in [0.15, 0.2) is 0 Å². The first-order valence-electron chi connectivity index (χ1n) is 8.28. The second-order valence-corrected chi connectivity index (χ2v) is 5.75. The molecule has 1 aromatic rings. The highest BCUT2D eigenvalue weighted by atomic mass is 16.5. The van der Waals surface area contributed by atoms with Crippen LogP contribution in [0.1, 0.15) is 12.0 Å². The van der Waals surface area contributed by atoms with Gasteiger partial charge in [-0.1, -0.05) is 36.9 Å². The predicted octanol–water partition coefficient (Wildman–Crippen LogP) is 1.63. The monoisotopic (exact) mass is 331 g/mol. The molecule has 130 valence electrons. The number of ether oxygens (including phenoxy) is 1. The standard InChI is InChI=1S/C18H25N3O3/c1-2-24-18(23)21-12-6-11-20(13-14-21)15-17(22)19-10-9-16-7-4-3-5-8-16/h2-5,7-8H,1,6,9-15H2,(H,19,22). The van der Waals surface area contributed by atoms with Gasteiger partial charge in [0.1, 0.15) is 0 Å². The van der Waals surface area contributed by atoms with E-state index in [4.69, 9.17) is 4.74 Å². The summed E-state index contributed by atoms with van der Waals surface area (Å²) in [5.41, 5.74) is 1.21. The molecule has 6 nitrogen and oxygen atoms in total. The van der Waals surface area contributed by atoms with Gasteiger partial charge in [-0.2, -0.15) is 0 Å². The zero-order valence-corrected chi connectivity index (χ0v) is 13.9. The van der Waals surface area contributed by atoms with Crippen molar-refractivity contribution in [2.45, 2.75) is 12.8 Å². The molecule has 0 radical (unpaired) electrons. The highest BCUT2D eigenvalue weighted by molar-refractivity contribution is 5.78. The van der Waals surface area contributed by atoms with Gasteiger partial charge in [0.25, 0.3) is 0 Å². The summed E-state index contributed by atoms with van der Waals surface area (Å²) >= 11 is 0. The fourth-order valence-electron chi connectivity index (χ4n) is 2.71. The third-order valence-electron chi connectivity index (χ3n) is 3.98. The molecule has 24 heavy (non-hydrogen) atoms. The normalized spacial score (nSPS) is 15.4. The van der Waals surface area contributed by atoms with E-state index in [1.54, 1.807) is 4.90 Å². The fourth-order valence-corrected chi connectivity index (χ4v) is 2.71. The van der Waals surface area contributed by atoms with Gasteiger partial charge in [0.2, 0.25) is 5.91 Å². The largest absolute Gasteiger partial charge is 0.419 e. The summed E-state index contributed by atoms with van der Waals surface area (Å²) in [6.45, 7) is 7.04. The Bertz CT molecular complexity index is 548. The molecule has 2 rings (SSSR count). The van der Waals surface area contributed by atoms with Gasteiger partial charge >= 0.3 is 6.09 Å². The van der Waals surface area contributed by atoms with Crippen LogP contribution < -0.4 is 5.32 Å². The van der Waals surface area contributed by atoms with Crippen LogP contribution in [0.4, 0.5) is 4.79 Å². The van der Waals surface area contributed by atoms with Crippen LogP contribution in [0.2, 0.25) is 0 Å². The van der Waals surface area contributed by atoms with Crippen molar-refractivity contribution < 1.29 is 14.3 Å². The van der Waals surface area contributed by atoms with E-state index in [1.807, 2.05) is 18.2 Å². The van der Waals surface area contributed by atoms with Crippen LogP contribution in [-0.4, -0.2) is 61.1 Å². The molecular formula is C18H25N3O3. The number of nitrogens with zero attached hydrogens (tertiary/aromatic N) is 2. The Morgan fingerprint density at radius 1 is 1.17 bits per heavy atom. The van der Waals surface area contributed by atoms with Crippen LogP contribution in [0.25, 0.3) is 0 Å². The van der Waals surface area contributed by atoms with Crippen LogP contribution in [0.15, 0.2) is 43.2 Å². The summed E-state index contributed by atoms with van der Waals surface area (Å²) in [7, 11) is 0. The molecule has 1 fully saturated rings. The molecule has 6 heteroatoms. The minimum atomic E-state index is -0.376. The van der Waals surface area contributed by atoms with Crippen LogP contribution in [0.5, 0.6) is 0 Å². The molecule has 0 atom stereocenters. The van der Waals surface area contributed by atoms with Crippen molar-refractivity contribution in [3.05, 3.63) is 48.7 Å². The quantitative estimate of drug-likeness (QED) is 0.805. The highest BCUT2D eigenvalue weighted by Crippen LogP contribution is 2.05. The zero-order chi connectivity index (χ0) is 17.2. The number of hydrogen-bond donors (Lipinski definition) is 1. The van der Waals surface area contributed by atoms with Gasteiger partial charge in [-0.25, -0.2) is 4.79 Å². The summed E-state index contributed by atoms with van der Waals surface area (Å²) in [6, 6.07) is 10.1. The van der Waals surface area contributed by atoms with Crippen molar-refractivity contribution >= 4 is 12.0 Å². The van der Waals surface area contributed by atoms with E-state index in [1.165, 1.54) is 5.56 Å². The van der Waals surface area contributed by atoms with E-state index >= 15 is 0 Å². The van der Waals surface area contributed by atoms with Gasteiger partial charge in [-0.3, -0.25) is 9.69 Å². The highest BCUT2D eigenvalue weighted by Gasteiger charge is 2.20. The minimum absolute atomic E-state index is 0.0213. The van der Waals surface area contributed by atoms with Crippen LogP contribution in [0.3, 0.4) is 0 Å². The third kappa shape index (κ3) is 6.04. The first-order valence-corrected chi connectivity index (χ1v) is 8.28. The summed E-state index contributed by atoms with van der Waals surface area (Å²) in [5.74, 6) is 0.0213. The molecule has 1 heterocycles. The SMILES string of the molecule is C=COC(=O)N1CCCN(CC(=O)NCCc2ccccc2)CC1. The Hall–Kier alpha value is -2.34. The number of benzene rings is 1. The molecule has 0 unspecified atom stereocenters. The smallest absolute Gasteiger partial charge is 0.414 e. The van der Waals surface area contributed by atoms with E-state index in [9.17, 15) is 9.59 Å². The lowest BCUT2D eigenvalue weighted by molar-refractivity contribution is -0.122. The Morgan fingerprint density at radius 2 is 1.96 bits per heavy atom. The van der Waals surface area contributed by atoms with E-state index in [0.29, 0.717) is 32.7 Å². The van der Waals surface area contributed by atoms with Crippen molar-refractivity contribution in [1.82, 2.24) is 15.1 Å². The van der Waals surface area contributed by atoms with Crippen molar-refractivity contribution in [3.8, 4) is 0 Å². The number of carbonyl (C=O) groups is 2. The Labute approximate surface area is 143 Å². The Kier molecular flexibility index (Phi) is 7.29. The van der Waals surface area contributed by atoms with E-state index in [0.717, 1.165) is 25.6 Å². The van der Waals surface area contributed by atoms with E-state index in [-0.39, 0.29) is 12.0 Å². The molecule has 0 spiro atoms.